The van der Waals surface area contributed by atoms with E-state index in [9.17, 15) is 18.0 Å². The molecule has 1 amide bonds. The third-order valence-corrected chi connectivity index (χ3v) is 5.22. The summed E-state index contributed by atoms with van der Waals surface area (Å²) >= 11 is 6.10. The molecule has 27 heavy (non-hydrogen) atoms. The molecular weight excluding hydrogens is 381 g/mol. The Morgan fingerprint density at radius 3 is 2.70 bits per heavy atom. The molecule has 2 unspecified atom stereocenters. The van der Waals surface area contributed by atoms with Crippen molar-refractivity contribution in [3.63, 3.8) is 0 Å². The third-order valence-electron chi connectivity index (χ3n) is 4.91. The molecule has 0 spiro atoms. The lowest BCUT2D eigenvalue weighted by molar-refractivity contribution is 0.0625. The van der Waals surface area contributed by atoms with Gasteiger partial charge in [-0.05, 0) is 30.7 Å². The first-order chi connectivity index (χ1) is 12.9. The van der Waals surface area contributed by atoms with Crippen molar-refractivity contribution in [1.82, 2.24) is 4.90 Å². The Balaban J connectivity index is 1.62. The van der Waals surface area contributed by atoms with E-state index in [1.165, 1.54) is 36.1 Å². The number of aryl methyl sites for hydroxylation is 1. The fourth-order valence-electron chi connectivity index (χ4n) is 3.49. The fraction of sp³-hybridized carbons (Fsp3) is 0.263. The van der Waals surface area contributed by atoms with E-state index in [0.29, 0.717) is 5.71 Å². The number of oxime groups is 1. The second-order valence-corrected chi connectivity index (χ2v) is 6.99. The molecule has 0 aromatic heterocycles. The monoisotopic (exact) mass is 394 g/mol. The predicted molar refractivity (Wildman–Crippen MR) is 93.3 cm³/mol. The summed E-state index contributed by atoms with van der Waals surface area (Å²) in [5.41, 5.74) is -0.00867. The highest BCUT2D eigenvalue weighted by atomic mass is 35.5. The van der Waals surface area contributed by atoms with Crippen LogP contribution < -0.4 is 0 Å². The number of carbonyl (C=O) groups excluding carboxylic acids is 1. The summed E-state index contributed by atoms with van der Waals surface area (Å²) < 4.78 is 42.6. The summed E-state index contributed by atoms with van der Waals surface area (Å²) in [6.07, 6.45) is -0.518. The predicted octanol–water partition coefficient (Wildman–Crippen LogP) is 3.94. The van der Waals surface area contributed by atoms with Crippen LogP contribution in [0.3, 0.4) is 0 Å². The van der Waals surface area contributed by atoms with Crippen molar-refractivity contribution in [2.45, 2.75) is 13.0 Å². The van der Waals surface area contributed by atoms with E-state index in [4.69, 9.17) is 16.4 Å². The molecular formula is C19H14ClF3N2O2. The number of benzene rings is 2. The zero-order chi connectivity index (χ0) is 19.3. The van der Waals surface area contributed by atoms with E-state index < -0.39 is 40.9 Å². The molecule has 2 aromatic rings. The number of hydrogen-bond acceptors (Lipinski definition) is 3. The van der Waals surface area contributed by atoms with Crippen molar-refractivity contribution < 1.29 is 22.8 Å². The minimum Gasteiger partial charge on any atom is -0.390 e. The Morgan fingerprint density at radius 1 is 1.19 bits per heavy atom. The van der Waals surface area contributed by atoms with Gasteiger partial charge in [0.05, 0.1) is 23.0 Å². The lowest BCUT2D eigenvalue weighted by Gasteiger charge is -2.18. The summed E-state index contributed by atoms with van der Waals surface area (Å²) in [7, 11) is 0. The summed E-state index contributed by atoms with van der Waals surface area (Å²) in [6.45, 7) is 1.65. The number of halogens is 4. The van der Waals surface area contributed by atoms with E-state index in [1.54, 1.807) is 0 Å². The molecule has 0 aliphatic carbocycles. The van der Waals surface area contributed by atoms with Gasteiger partial charge in [-0.15, -0.1) is 0 Å². The van der Waals surface area contributed by atoms with Gasteiger partial charge in [0.1, 0.15) is 28.7 Å². The molecule has 0 N–H and O–H groups in total. The van der Waals surface area contributed by atoms with Gasteiger partial charge in [-0.25, -0.2) is 13.2 Å². The zero-order valence-electron chi connectivity index (χ0n) is 14.2. The molecule has 0 radical (unpaired) electrons. The van der Waals surface area contributed by atoms with Crippen LogP contribution in [-0.2, 0) is 4.84 Å². The van der Waals surface area contributed by atoms with Gasteiger partial charge in [-0.3, -0.25) is 4.79 Å². The van der Waals surface area contributed by atoms with E-state index >= 15 is 0 Å². The number of hydrogen-bond donors (Lipinski definition) is 0. The molecule has 2 atom stereocenters. The second-order valence-electron chi connectivity index (χ2n) is 6.59. The molecule has 4 nitrogen and oxygen atoms in total. The maximum atomic E-state index is 14.3. The number of fused-ring (bicyclic) bond motifs is 1. The second kappa shape index (κ2) is 6.56. The Hall–Kier alpha value is -2.54. The maximum absolute atomic E-state index is 14.3. The van der Waals surface area contributed by atoms with Crippen LogP contribution >= 0.6 is 11.6 Å². The average molecular weight is 395 g/mol. The number of nitrogens with zero attached hydrogens (tertiary/aromatic N) is 2. The normalized spacial score (nSPS) is 21.1. The Kier molecular flexibility index (Phi) is 4.34. The Bertz CT molecular complexity index is 959. The van der Waals surface area contributed by atoms with Crippen molar-refractivity contribution >= 4 is 23.2 Å². The lowest BCUT2D eigenvalue weighted by atomic mass is 9.94. The van der Waals surface area contributed by atoms with Gasteiger partial charge < -0.3 is 9.74 Å². The first kappa shape index (κ1) is 17.9. The van der Waals surface area contributed by atoms with Gasteiger partial charge in [0.25, 0.3) is 5.91 Å². The van der Waals surface area contributed by atoms with E-state index in [-0.39, 0.29) is 29.2 Å². The minimum atomic E-state index is -0.924. The summed E-state index contributed by atoms with van der Waals surface area (Å²) in [5, 5.41) is 4.11. The quantitative estimate of drug-likeness (QED) is 0.774. The Labute approximate surface area is 158 Å². The molecule has 8 heteroatoms. The third kappa shape index (κ3) is 2.86. The van der Waals surface area contributed by atoms with E-state index in [1.807, 2.05) is 0 Å². The summed E-state index contributed by atoms with van der Waals surface area (Å²) in [4.78, 5) is 19.3. The van der Waals surface area contributed by atoms with Crippen LogP contribution in [-0.4, -0.2) is 35.7 Å². The summed E-state index contributed by atoms with van der Waals surface area (Å²) in [6, 6.07) is 6.60. The van der Waals surface area contributed by atoms with Crippen molar-refractivity contribution in [3.05, 3.63) is 69.5 Å². The molecule has 2 aliphatic rings. The van der Waals surface area contributed by atoms with Crippen LogP contribution in [0.1, 0.15) is 21.5 Å². The highest BCUT2D eigenvalue weighted by molar-refractivity contribution is 6.34. The largest absolute Gasteiger partial charge is 0.390 e. The van der Waals surface area contributed by atoms with Crippen LogP contribution in [0.15, 0.2) is 35.5 Å². The number of carbonyl (C=O) groups is 1. The van der Waals surface area contributed by atoms with Crippen LogP contribution in [0.25, 0.3) is 0 Å². The molecule has 140 valence electrons. The van der Waals surface area contributed by atoms with Crippen molar-refractivity contribution in [3.8, 4) is 0 Å². The molecule has 1 fully saturated rings. The van der Waals surface area contributed by atoms with Gasteiger partial charge in [-0.2, -0.15) is 0 Å². The molecule has 2 aliphatic heterocycles. The minimum absolute atomic E-state index is 0.0927. The highest BCUT2D eigenvalue weighted by Crippen LogP contribution is 2.34. The average Bonchev–Trinajstić information content (AvgIpc) is 3.20. The van der Waals surface area contributed by atoms with Crippen molar-refractivity contribution in [2.24, 2.45) is 11.1 Å². The van der Waals surface area contributed by atoms with Crippen LogP contribution in [0.2, 0.25) is 5.02 Å². The Morgan fingerprint density at radius 2 is 1.96 bits per heavy atom. The number of rotatable bonds is 2. The van der Waals surface area contributed by atoms with Crippen molar-refractivity contribution in [2.75, 3.05) is 13.1 Å². The van der Waals surface area contributed by atoms with E-state index in [0.717, 1.165) is 6.07 Å². The van der Waals surface area contributed by atoms with Crippen LogP contribution in [0.5, 0.6) is 0 Å². The SMILES string of the molecule is Cc1ccc(F)c(C(=O)N2CC3ON=C(c4c(F)cccc4Cl)C3C2)c1F. The summed E-state index contributed by atoms with van der Waals surface area (Å²) in [5.74, 6) is -3.56. The molecule has 2 heterocycles. The van der Waals surface area contributed by atoms with Crippen LogP contribution in [0.4, 0.5) is 13.2 Å². The van der Waals surface area contributed by atoms with Gasteiger partial charge in [0.15, 0.2) is 6.10 Å². The number of amides is 1. The van der Waals surface area contributed by atoms with Crippen molar-refractivity contribution in [1.29, 1.82) is 0 Å². The molecule has 1 saturated heterocycles. The molecule has 0 saturated carbocycles. The van der Waals surface area contributed by atoms with Crippen LogP contribution in [0, 0.1) is 30.3 Å². The topological polar surface area (TPSA) is 41.9 Å². The highest BCUT2D eigenvalue weighted by Gasteiger charge is 2.46. The molecule has 4 rings (SSSR count). The zero-order valence-corrected chi connectivity index (χ0v) is 14.9. The maximum Gasteiger partial charge on any atom is 0.259 e. The standard InChI is InChI=1S/C19H14ClF3N2O2/c1-9-5-6-13(22)16(17(9)23)19(26)25-7-10-14(8-25)27-24-18(10)15-11(20)3-2-4-12(15)21/h2-6,10,14H,7-8H2,1H3. The first-order valence-electron chi connectivity index (χ1n) is 8.30. The number of likely N-dealkylation sites (tertiary alicyclic amines) is 1. The molecule has 2 aromatic carbocycles. The van der Waals surface area contributed by atoms with Gasteiger partial charge in [0.2, 0.25) is 0 Å². The smallest absolute Gasteiger partial charge is 0.259 e. The van der Waals surface area contributed by atoms with Gasteiger partial charge >= 0.3 is 0 Å². The van der Waals surface area contributed by atoms with Gasteiger partial charge in [0, 0.05) is 6.54 Å². The fourth-order valence-corrected chi connectivity index (χ4v) is 3.75. The van der Waals surface area contributed by atoms with E-state index in [2.05, 4.69) is 5.16 Å². The molecule has 0 bridgehead atoms. The van der Waals surface area contributed by atoms with Gasteiger partial charge in [-0.1, -0.05) is 28.9 Å². The lowest BCUT2D eigenvalue weighted by Crippen LogP contribution is -2.32. The first-order valence-corrected chi connectivity index (χ1v) is 8.68.